The summed E-state index contributed by atoms with van der Waals surface area (Å²) in [7, 11) is -2.16. The van der Waals surface area contributed by atoms with Crippen molar-refractivity contribution in [2.24, 2.45) is 7.05 Å². The lowest BCUT2D eigenvalue weighted by atomic mass is 10.1. The van der Waals surface area contributed by atoms with Crippen molar-refractivity contribution in [2.75, 3.05) is 4.72 Å². The Hall–Kier alpha value is -3.13. The van der Waals surface area contributed by atoms with Crippen molar-refractivity contribution < 1.29 is 18.3 Å². The van der Waals surface area contributed by atoms with Crippen LogP contribution in [-0.2, 0) is 17.1 Å². The number of rotatable bonds is 5. The van der Waals surface area contributed by atoms with Crippen molar-refractivity contribution in [3.05, 3.63) is 66.5 Å². The molecule has 0 saturated heterocycles. The Morgan fingerprint density at radius 3 is 2.56 bits per heavy atom. The van der Waals surface area contributed by atoms with E-state index in [-0.39, 0.29) is 16.1 Å². The fourth-order valence-electron chi connectivity index (χ4n) is 2.38. The lowest BCUT2D eigenvalue weighted by Crippen LogP contribution is -2.15. The summed E-state index contributed by atoms with van der Waals surface area (Å²) in [5.41, 5.74) is 1.38. The standard InChI is InChI=1S/C17H15N3O4S/c1-20-11-13(10-18-20)12-5-4-6-14(9-12)25(23,24)19-16-8-3-2-7-15(16)17(21)22/h2-11,19H,1H3,(H,21,22). The van der Waals surface area contributed by atoms with Crippen LogP contribution in [-0.4, -0.2) is 29.3 Å². The number of sulfonamides is 1. The summed E-state index contributed by atoms with van der Waals surface area (Å²) in [5.74, 6) is -1.21. The van der Waals surface area contributed by atoms with Gasteiger partial charge in [0.2, 0.25) is 0 Å². The highest BCUT2D eigenvalue weighted by molar-refractivity contribution is 7.92. The highest BCUT2D eigenvalue weighted by atomic mass is 32.2. The summed E-state index contributed by atoms with van der Waals surface area (Å²) in [6.07, 6.45) is 3.41. The molecule has 3 aromatic rings. The molecule has 0 fully saturated rings. The second kappa shape index (κ2) is 6.40. The second-order valence-corrected chi connectivity index (χ2v) is 7.07. The van der Waals surface area contributed by atoms with Gasteiger partial charge in [-0.15, -0.1) is 0 Å². The van der Waals surface area contributed by atoms with Crippen LogP contribution >= 0.6 is 0 Å². The zero-order valence-corrected chi connectivity index (χ0v) is 14.1. The van der Waals surface area contributed by atoms with Gasteiger partial charge in [-0.3, -0.25) is 9.40 Å². The number of carboxylic acid groups (broad SMARTS) is 1. The van der Waals surface area contributed by atoms with Crippen LogP contribution in [0.4, 0.5) is 5.69 Å². The Labute approximate surface area is 144 Å². The maximum absolute atomic E-state index is 12.6. The first-order valence-electron chi connectivity index (χ1n) is 7.31. The third kappa shape index (κ3) is 3.53. The van der Waals surface area contributed by atoms with Gasteiger partial charge in [0.25, 0.3) is 10.0 Å². The molecule has 128 valence electrons. The van der Waals surface area contributed by atoms with Gasteiger partial charge in [0.05, 0.1) is 22.3 Å². The van der Waals surface area contributed by atoms with E-state index in [1.54, 1.807) is 42.3 Å². The van der Waals surface area contributed by atoms with Crippen LogP contribution in [0.15, 0.2) is 65.8 Å². The van der Waals surface area contributed by atoms with Gasteiger partial charge in [-0.1, -0.05) is 24.3 Å². The van der Waals surface area contributed by atoms with Crippen LogP contribution in [0.3, 0.4) is 0 Å². The van der Waals surface area contributed by atoms with Crippen molar-refractivity contribution in [1.29, 1.82) is 0 Å². The van der Waals surface area contributed by atoms with Gasteiger partial charge < -0.3 is 5.11 Å². The molecule has 0 amide bonds. The predicted molar refractivity (Wildman–Crippen MR) is 92.9 cm³/mol. The van der Waals surface area contributed by atoms with Crippen LogP contribution in [0.1, 0.15) is 10.4 Å². The number of nitrogens with zero attached hydrogens (tertiary/aromatic N) is 2. The highest BCUT2D eigenvalue weighted by Crippen LogP contribution is 2.24. The Balaban J connectivity index is 1.97. The average Bonchev–Trinajstić information content (AvgIpc) is 3.01. The van der Waals surface area contributed by atoms with E-state index < -0.39 is 16.0 Å². The van der Waals surface area contributed by atoms with Crippen molar-refractivity contribution in [1.82, 2.24) is 9.78 Å². The van der Waals surface area contributed by atoms with Gasteiger partial charge in [0.15, 0.2) is 0 Å². The largest absolute Gasteiger partial charge is 0.478 e. The molecular weight excluding hydrogens is 342 g/mol. The molecule has 0 atom stereocenters. The number of benzene rings is 2. The summed E-state index contributed by atoms with van der Waals surface area (Å²) in [6.45, 7) is 0. The Bertz CT molecular complexity index is 1040. The molecule has 8 heteroatoms. The molecule has 0 saturated carbocycles. The number of hydrogen-bond donors (Lipinski definition) is 2. The molecule has 0 spiro atoms. The molecule has 1 heterocycles. The fraction of sp³-hybridized carbons (Fsp3) is 0.0588. The highest BCUT2D eigenvalue weighted by Gasteiger charge is 2.19. The maximum Gasteiger partial charge on any atom is 0.337 e. The summed E-state index contributed by atoms with van der Waals surface area (Å²) in [4.78, 5) is 11.3. The van der Waals surface area contributed by atoms with Crippen molar-refractivity contribution in [3.63, 3.8) is 0 Å². The molecule has 0 unspecified atom stereocenters. The zero-order chi connectivity index (χ0) is 18.0. The van der Waals surface area contributed by atoms with E-state index in [2.05, 4.69) is 9.82 Å². The maximum atomic E-state index is 12.6. The van der Waals surface area contributed by atoms with E-state index in [0.29, 0.717) is 5.56 Å². The smallest absolute Gasteiger partial charge is 0.337 e. The molecular formula is C17H15N3O4S. The molecule has 1 aromatic heterocycles. The number of aromatic nitrogens is 2. The molecule has 0 aliphatic carbocycles. The lowest BCUT2D eigenvalue weighted by Gasteiger charge is -2.11. The third-order valence-corrected chi connectivity index (χ3v) is 4.95. The molecule has 3 rings (SSSR count). The molecule has 0 bridgehead atoms. The van der Waals surface area contributed by atoms with E-state index >= 15 is 0 Å². The van der Waals surface area contributed by atoms with Crippen LogP contribution in [0, 0.1) is 0 Å². The number of para-hydroxylation sites is 1. The zero-order valence-electron chi connectivity index (χ0n) is 13.2. The third-order valence-electron chi connectivity index (χ3n) is 3.58. The van der Waals surface area contributed by atoms with E-state index in [4.69, 9.17) is 0 Å². The predicted octanol–water partition coefficient (Wildman–Crippen LogP) is 2.59. The Kier molecular flexibility index (Phi) is 4.28. The molecule has 25 heavy (non-hydrogen) atoms. The van der Waals surface area contributed by atoms with Gasteiger partial charge in [0, 0.05) is 18.8 Å². The normalized spacial score (nSPS) is 11.2. The van der Waals surface area contributed by atoms with Crippen LogP contribution in [0.25, 0.3) is 11.1 Å². The van der Waals surface area contributed by atoms with E-state index in [0.717, 1.165) is 5.56 Å². The van der Waals surface area contributed by atoms with Gasteiger partial charge in [-0.2, -0.15) is 5.10 Å². The SMILES string of the molecule is Cn1cc(-c2cccc(S(=O)(=O)Nc3ccccc3C(=O)O)c2)cn1. The van der Waals surface area contributed by atoms with Crippen molar-refractivity contribution in [3.8, 4) is 11.1 Å². The van der Waals surface area contributed by atoms with Crippen molar-refractivity contribution in [2.45, 2.75) is 4.90 Å². The summed E-state index contributed by atoms with van der Waals surface area (Å²) in [6, 6.07) is 12.2. The number of aromatic carboxylic acids is 1. The fourth-order valence-corrected chi connectivity index (χ4v) is 3.50. The van der Waals surface area contributed by atoms with E-state index in [1.165, 1.54) is 30.3 Å². The number of nitrogens with one attached hydrogen (secondary N) is 1. The van der Waals surface area contributed by atoms with Gasteiger partial charge in [-0.05, 0) is 29.8 Å². The number of carbonyl (C=O) groups is 1. The quantitative estimate of drug-likeness (QED) is 0.731. The number of aryl methyl sites for hydroxylation is 1. The minimum Gasteiger partial charge on any atom is -0.478 e. The molecule has 2 N–H and O–H groups in total. The first kappa shape index (κ1) is 16.7. The van der Waals surface area contributed by atoms with E-state index in [9.17, 15) is 18.3 Å². The summed E-state index contributed by atoms with van der Waals surface area (Å²) >= 11 is 0. The van der Waals surface area contributed by atoms with Gasteiger partial charge >= 0.3 is 5.97 Å². The first-order chi connectivity index (χ1) is 11.9. The summed E-state index contributed by atoms with van der Waals surface area (Å²) in [5, 5.41) is 13.3. The number of carboxylic acids is 1. The second-order valence-electron chi connectivity index (χ2n) is 5.39. The van der Waals surface area contributed by atoms with Gasteiger partial charge in [0.1, 0.15) is 0 Å². The van der Waals surface area contributed by atoms with Crippen LogP contribution in [0.5, 0.6) is 0 Å². The average molecular weight is 357 g/mol. The summed E-state index contributed by atoms with van der Waals surface area (Å²) < 4.78 is 29.2. The Morgan fingerprint density at radius 2 is 1.88 bits per heavy atom. The van der Waals surface area contributed by atoms with E-state index in [1.807, 2.05) is 0 Å². The van der Waals surface area contributed by atoms with Crippen LogP contribution in [0.2, 0.25) is 0 Å². The first-order valence-corrected chi connectivity index (χ1v) is 8.79. The Morgan fingerprint density at radius 1 is 1.12 bits per heavy atom. The molecule has 0 aliphatic rings. The molecule has 0 aliphatic heterocycles. The lowest BCUT2D eigenvalue weighted by molar-refractivity contribution is 0.0698. The number of anilines is 1. The van der Waals surface area contributed by atoms with Crippen LogP contribution < -0.4 is 4.72 Å². The minimum atomic E-state index is -3.93. The molecule has 7 nitrogen and oxygen atoms in total. The van der Waals surface area contributed by atoms with Crippen molar-refractivity contribution >= 4 is 21.7 Å². The molecule has 2 aromatic carbocycles. The minimum absolute atomic E-state index is 0.0155. The molecule has 0 radical (unpaired) electrons. The topological polar surface area (TPSA) is 101 Å². The van der Waals surface area contributed by atoms with Gasteiger partial charge in [-0.25, -0.2) is 13.2 Å². The number of hydrogen-bond acceptors (Lipinski definition) is 4. The monoisotopic (exact) mass is 357 g/mol.